The summed E-state index contributed by atoms with van der Waals surface area (Å²) in [6.45, 7) is 4.38. The van der Waals surface area contributed by atoms with Crippen LogP contribution in [0.15, 0.2) is 16.6 Å². The topological polar surface area (TPSA) is 30.5 Å². The molecule has 100 valence electrons. The van der Waals surface area contributed by atoms with E-state index in [0.29, 0.717) is 13.2 Å². The molecule has 0 unspecified atom stereocenters. The van der Waals surface area contributed by atoms with E-state index in [4.69, 9.17) is 9.47 Å². The average Bonchev–Trinajstić information content (AvgIpc) is 2.28. The minimum absolute atomic E-state index is 0.0998. The first kappa shape index (κ1) is 13.7. The fourth-order valence-electron chi connectivity index (χ4n) is 1.63. The van der Waals surface area contributed by atoms with E-state index in [1.807, 2.05) is 13.8 Å². The molecule has 1 aliphatic rings. The second kappa shape index (κ2) is 5.11. The predicted octanol–water partition coefficient (Wildman–Crippen LogP) is 3.29. The van der Waals surface area contributed by atoms with Crippen LogP contribution in [-0.2, 0) is 9.47 Å². The van der Waals surface area contributed by atoms with Crippen molar-refractivity contribution >= 4 is 21.6 Å². The highest BCUT2D eigenvalue weighted by atomic mass is 79.9. The number of anilines is 1. The van der Waals surface area contributed by atoms with Gasteiger partial charge in [-0.2, -0.15) is 0 Å². The number of benzene rings is 1. The van der Waals surface area contributed by atoms with Crippen LogP contribution < -0.4 is 5.32 Å². The van der Waals surface area contributed by atoms with Crippen molar-refractivity contribution < 1.29 is 18.3 Å². The van der Waals surface area contributed by atoms with Gasteiger partial charge in [0.1, 0.15) is 11.6 Å². The summed E-state index contributed by atoms with van der Waals surface area (Å²) >= 11 is 2.93. The second-order valence-corrected chi connectivity index (χ2v) is 5.46. The zero-order valence-electron chi connectivity index (χ0n) is 10.1. The molecule has 2 rings (SSSR count). The van der Waals surface area contributed by atoms with Gasteiger partial charge in [-0.1, -0.05) is 0 Å². The summed E-state index contributed by atoms with van der Waals surface area (Å²) in [5.41, 5.74) is 0.104. The molecule has 18 heavy (non-hydrogen) atoms. The first-order chi connectivity index (χ1) is 8.37. The van der Waals surface area contributed by atoms with Crippen molar-refractivity contribution in [3.63, 3.8) is 0 Å². The Labute approximate surface area is 113 Å². The molecule has 1 fully saturated rings. The molecule has 0 spiro atoms. The average molecular weight is 322 g/mol. The molecule has 0 saturated carbocycles. The fraction of sp³-hybridized carbons (Fsp3) is 0.500. The predicted molar refractivity (Wildman–Crippen MR) is 67.5 cm³/mol. The normalized spacial score (nSPS) is 19.8. The van der Waals surface area contributed by atoms with Crippen LogP contribution in [0.5, 0.6) is 0 Å². The van der Waals surface area contributed by atoms with Gasteiger partial charge in [0.05, 0.1) is 29.4 Å². The zero-order valence-corrected chi connectivity index (χ0v) is 11.7. The minimum atomic E-state index is -0.623. The van der Waals surface area contributed by atoms with Gasteiger partial charge >= 0.3 is 0 Å². The Morgan fingerprint density at radius 2 is 1.83 bits per heavy atom. The standard InChI is InChI=1S/C12H14BrF2NO2/c1-12(2)17-5-7(6-18-12)16-11-4-9(14)8(13)3-10(11)15/h3-4,7,16H,5-6H2,1-2H3. The molecular weight excluding hydrogens is 308 g/mol. The maximum Gasteiger partial charge on any atom is 0.162 e. The first-order valence-electron chi connectivity index (χ1n) is 5.56. The summed E-state index contributed by atoms with van der Waals surface area (Å²) in [4.78, 5) is 0. The molecular formula is C12H14BrF2NO2. The highest BCUT2D eigenvalue weighted by Crippen LogP contribution is 2.25. The number of nitrogens with one attached hydrogen (secondary N) is 1. The number of ether oxygens (including phenoxy) is 2. The number of rotatable bonds is 2. The van der Waals surface area contributed by atoms with E-state index in [2.05, 4.69) is 21.2 Å². The quantitative estimate of drug-likeness (QED) is 0.848. The van der Waals surface area contributed by atoms with Crippen molar-refractivity contribution in [3.8, 4) is 0 Å². The van der Waals surface area contributed by atoms with E-state index in [9.17, 15) is 8.78 Å². The van der Waals surface area contributed by atoms with Gasteiger partial charge in [0.2, 0.25) is 0 Å². The molecule has 0 aliphatic carbocycles. The van der Waals surface area contributed by atoms with E-state index in [-0.39, 0.29) is 16.2 Å². The highest BCUT2D eigenvalue weighted by molar-refractivity contribution is 9.10. The van der Waals surface area contributed by atoms with Gasteiger partial charge in [0, 0.05) is 6.07 Å². The van der Waals surface area contributed by atoms with E-state index < -0.39 is 17.4 Å². The van der Waals surface area contributed by atoms with Gasteiger partial charge in [-0.3, -0.25) is 0 Å². The SMILES string of the molecule is CC1(C)OCC(Nc2cc(F)c(Br)cc2F)CO1. The van der Waals surface area contributed by atoms with Crippen LogP contribution in [0.25, 0.3) is 0 Å². The largest absolute Gasteiger partial charge is 0.375 e. The number of halogens is 3. The molecule has 1 aromatic rings. The van der Waals surface area contributed by atoms with Crippen LogP contribution in [-0.4, -0.2) is 25.0 Å². The lowest BCUT2D eigenvalue weighted by Crippen LogP contribution is -2.45. The maximum atomic E-state index is 13.6. The smallest absolute Gasteiger partial charge is 0.162 e. The third-order valence-corrected chi connectivity index (χ3v) is 3.24. The molecule has 1 heterocycles. The first-order valence-corrected chi connectivity index (χ1v) is 6.36. The number of hydrogen-bond acceptors (Lipinski definition) is 3. The Bertz CT molecular complexity index is 444. The van der Waals surface area contributed by atoms with Crippen LogP contribution in [0, 0.1) is 11.6 Å². The Morgan fingerprint density at radius 1 is 1.22 bits per heavy atom. The zero-order chi connectivity index (χ0) is 13.3. The Hall–Kier alpha value is -0.720. The lowest BCUT2D eigenvalue weighted by Gasteiger charge is -2.35. The molecule has 0 atom stereocenters. The second-order valence-electron chi connectivity index (χ2n) is 4.61. The Kier molecular flexibility index (Phi) is 3.89. The van der Waals surface area contributed by atoms with Crippen LogP contribution in [0.1, 0.15) is 13.8 Å². The Morgan fingerprint density at radius 3 is 2.44 bits per heavy atom. The highest BCUT2D eigenvalue weighted by Gasteiger charge is 2.28. The molecule has 1 aliphatic heterocycles. The van der Waals surface area contributed by atoms with Crippen LogP contribution in [0.2, 0.25) is 0 Å². The molecule has 0 radical (unpaired) electrons. The third kappa shape index (κ3) is 3.18. The molecule has 0 bridgehead atoms. The number of hydrogen-bond donors (Lipinski definition) is 1. The van der Waals surface area contributed by atoms with E-state index in [1.54, 1.807) is 0 Å². The molecule has 1 N–H and O–H groups in total. The lowest BCUT2D eigenvalue weighted by atomic mass is 10.2. The summed E-state index contributed by atoms with van der Waals surface area (Å²) in [6.07, 6.45) is 0. The molecule has 1 saturated heterocycles. The van der Waals surface area contributed by atoms with Crippen molar-refractivity contribution in [3.05, 3.63) is 28.2 Å². The van der Waals surface area contributed by atoms with Crippen molar-refractivity contribution in [2.45, 2.75) is 25.7 Å². The van der Waals surface area contributed by atoms with E-state index in [0.717, 1.165) is 12.1 Å². The monoisotopic (exact) mass is 321 g/mol. The summed E-state index contributed by atoms with van der Waals surface area (Å²) in [7, 11) is 0. The fourth-order valence-corrected chi connectivity index (χ4v) is 1.94. The van der Waals surface area contributed by atoms with Gasteiger partial charge in [-0.15, -0.1) is 0 Å². The van der Waals surface area contributed by atoms with Crippen molar-refractivity contribution in [2.75, 3.05) is 18.5 Å². The van der Waals surface area contributed by atoms with Crippen molar-refractivity contribution in [1.29, 1.82) is 0 Å². The van der Waals surface area contributed by atoms with Gasteiger partial charge in [-0.25, -0.2) is 8.78 Å². The molecule has 1 aromatic carbocycles. The maximum absolute atomic E-state index is 13.6. The molecule has 6 heteroatoms. The van der Waals surface area contributed by atoms with Gasteiger partial charge in [0.25, 0.3) is 0 Å². The Balaban J connectivity index is 2.04. The minimum Gasteiger partial charge on any atom is -0.375 e. The molecule has 0 aromatic heterocycles. The van der Waals surface area contributed by atoms with E-state index >= 15 is 0 Å². The van der Waals surface area contributed by atoms with E-state index in [1.165, 1.54) is 0 Å². The van der Waals surface area contributed by atoms with Crippen molar-refractivity contribution in [1.82, 2.24) is 0 Å². The lowest BCUT2D eigenvalue weighted by molar-refractivity contribution is -0.247. The van der Waals surface area contributed by atoms with Gasteiger partial charge in [-0.05, 0) is 35.8 Å². The molecule has 0 amide bonds. The van der Waals surface area contributed by atoms with Gasteiger partial charge in [0.15, 0.2) is 5.79 Å². The molecule has 3 nitrogen and oxygen atoms in total. The van der Waals surface area contributed by atoms with Crippen LogP contribution in [0.3, 0.4) is 0 Å². The van der Waals surface area contributed by atoms with Gasteiger partial charge < -0.3 is 14.8 Å². The van der Waals surface area contributed by atoms with Crippen LogP contribution in [0.4, 0.5) is 14.5 Å². The summed E-state index contributed by atoms with van der Waals surface area (Å²) < 4.78 is 37.9. The van der Waals surface area contributed by atoms with Crippen molar-refractivity contribution in [2.24, 2.45) is 0 Å². The third-order valence-electron chi connectivity index (χ3n) is 2.63. The summed E-state index contributed by atoms with van der Waals surface area (Å²) in [5, 5.41) is 2.87. The van der Waals surface area contributed by atoms with Crippen LogP contribution >= 0.6 is 15.9 Å². The summed E-state index contributed by atoms with van der Waals surface area (Å²) in [6, 6.07) is 2.00. The summed E-state index contributed by atoms with van der Waals surface area (Å²) in [5.74, 6) is -1.66.